The van der Waals surface area contributed by atoms with Crippen molar-refractivity contribution >= 4 is 29.3 Å². The second-order valence-electron chi connectivity index (χ2n) is 3.60. The molecule has 1 saturated heterocycles. The number of benzene rings is 1. The van der Waals surface area contributed by atoms with Crippen LogP contribution in [-0.4, -0.2) is 30.7 Å². The molecule has 0 saturated carbocycles. The Bertz CT molecular complexity index is 482. The van der Waals surface area contributed by atoms with Crippen molar-refractivity contribution in [2.24, 2.45) is 0 Å². The summed E-state index contributed by atoms with van der Waals surface area (Å²) in [5.74, 6) is -3.18. The first-order valence-electron chi connectivity index (χ1n) is 5.19. The van der Waals surface area contributed by atoms with Crippen LogP contribution in [0.3, 0.4) is 0 Å². The third-order valence-electron chi connectivity index (χ3n) is 2.41. The fourth-order valence-corrected chi connectivity index (χ4v) is 2.30. The predicted molar refractivity (Wildman–Crippen MR) is 63.7 cm³/mol. The Morgan fingerprint density at radius 3 is 2.72 bits per heavy atom. The van der Waals surface area contributed by atoms with Crippen LogP contribution >= 0.6 is 11.8 Å². The number of alkyl halides is 2. The number of carbonyl (C=O) groups is 2. The minimum absolute atomic E-state index is 0.105. The van der Waals surface area contributed by atoms with Crippen molar-refractivity contribution in [2.45, 2.75) is 10.7 Å². The lowest BCUT2D eigenvalue weighted by atomic mass is 10.2. The van der Waals surface area contributed by atoms with Gasteiger partial charge in [0.1, 0.15) is 6.54 Å². The van der Waals surface area contributed by atoms with Crippen LogP contribution in [0.2, 0.25) is 0 Å². The molecule has 4 nitrogen and oxygen atoms in total. The fourth-order valence-electron chi connectivity index (χ4n) is 1.65. The van der Waals surface area contributed by atoms with E-state index in [2.05, 4.69) is 5.32 Å². The summed E-state index contributed by atoms with van der Waals surface area (Å²) in [6.07, 6.45) is 0. The van der Waals surface area contributed by atoms with E-state index in [1.165, 1.54) is 11.0 Å². The molecular weight excluding hydrogens is 262 g/mol. The van der Waals surface area contributed by atoms with Crippen LogP contribution in [0.25, 0.3) is 0 Å². The van der Waals surface area contributed by atoms with E-state index in [1.807, 2.05) is 0 Å². The van der Waals surface area contributed by atoms with E-state index in [4.69, 9.17) is 0 Å². The van der Waals surface area contributed by atoms with Gasteiger partial charge in [0.05, 0.1) is 12.2 Å². The average Bonchev–Trinajstić information content (AvgIpc) is 2.32. The number of nitrogens with zero attached hydrogens (tertiary/aromatic N) is 1. The number of rotatable bonds is 3. The maximum absolute atomic E-state index is 12.4. The molecule has 18 heavy (non-hydrogen) atoms. The van der Waals surface area contributed by atoms with Gasteiger partial charge >= 0.3 is 0 Å². The number of carbonyl (C=O) groups excluding carboxylic acids is 2. The zero-order chi connectivity index (χ0) is 13.1. The van der Waals surface area contributed by atoms with Crippen LogP contribution in [-0.2, 0) is 9.59 Å². The summed E-state index contributed by atoms with van der Waals surface area (Å²) in [7, 11) is 0. The maximum atomic E-state index is 12.4. The van der Waals surface area contributed by atoms with Crippen LogP contribution in [0.1, 0.15) is 0 Å². The smallest absolute Gasteiger partial charge is 0.288 e. The molecule has 0 radical (unpaired) electrons. The zero-order valence-corrected chi connectivity index (χ0v) is 10.0. The molecule has 7 heteroatoms. The number of piperazine rings is 1. The first kappa shape index (κ1) is 12.8. The van der Waals surface area contributed by atoms with Gasteiger partial charge in [-0.05, 0) is 12.1 Å². The van der Waals surface area contributed by atoms with Gasteiger partial charge in [-0.2, -0.15) is 8.78 Å². The van der Waals surface area contributed by atoms with Gasteiger partial charge in [0.15, 0.2) is 0 Å². The van der Waals surface area contributed by atoms with Gasteiger partial charge in [-0.1, -0.05) is 23.9 Å². The van der Waals surface area contributed by atoms with Crippen molar-refractivity contribution in [2.75, 3.05) is 18.0 Å². The largest absolute Gasteiger partial charge is 0.345 e. The molecule has 2 rings (SSSR count). The molecule has 1 aromatic rings. The fraction of sp³-hybridized carbons (Fsp3) is 0.273. The van der Waals surface area contributed by atoms with Gasteiger partial charge in [0, 0.05) is 4.90 Å². The van der Waals surface area contributed by atoms with E-state index in [1.54, 1.807) is 18.2 Å². The van der Waals surface area contributed by atoms with Gasteiger partial charge in [-0.15, -0.1) is 0 Å². The summed E-state index contributed by atoms with van der Waals surface area (Å²) in [4.78, 5) is 24.5. The van der Waals surface area contributed by atoms with E-state index >= 15 is 0 Å². The minimum atomic E-state index is -2.57. The number of amides is 2. The zero-order valence-electron chi connectivity index (χ0n) is 9.23. The van der Waals surface area contributed by atoms with E-state index in [9.17, 15) is 18.4 Å². The second kappa shape index (κ2) is 5.34. The van der Waals surface area contributed by atoms with Gasteiger partial charge in [-0.25, -0.2) is 0 Å². The summed E-state index contributed by atoms with van der Waals surface area (Å²) in [6.45, 7) is -0.244. The number of para-hydroxylation sites is 1. The molecule has 1 heterocycles. The van der Waals surface area contributed by atoms with Gasteiger partial charge < -0.3 is 10.2 Å². The molecule has 1 aliphatic heterocycles. The molecule has 1 aromatic carbocycles. The topological polar surface area (TPSA) is 49.4 Å². The highest BCUT2D eigenvalue weighted by Gasteiger charge is 2.26. The highest BCUT2D eigenvalue weighted by molar-refractivity contribution is 7.99. The predicted octanol–water partition coefficient (Wildman–Crippen LogP) is 1.46. The molecule has 0 spiro atoms. The number of hydrogen-bond acceptors (Lipinski definition) is 3. The molecule has 96 valence electrons. The number of nitrogens with one attached hydrogen (secondary N) is 1. The lowest BCUT2D eigenvalue weighted by Crippen LogP contribution is -2.51. The summed E-state index contributed by atoms with van der Waals surface area (Å²) < 4.78 is 24.8. The van der Waals surface area contributed by atoms with Crippen LogP contribution < -0.4 is 10.2 Å². The summed E-state index contributed by atoms with van der Waals surface area (Å²) in [5.41, 5.74) is 0.350. The maximum Gasteiger partial charge on any atom is 0.288 e. The SMILES string of the molecule is O=C1CN(c2ccccc2SC(F)F)C(=O)CN1. The molecule has 0 unspecified atom stereocenters. The number of thioether (sulfide) groups is 1. The number of halogens is 2. The molecule has 0 aliphatic carbocycles. The Kier molecular flexibility index (Phi) is 3.81. The molecule has 0 atom stereocenters. The normalized spacial score (nSPS) is 16.1. The van der Waals surface area contributed by atoms with Gasteiger partial charge in [0.25, 0.3) is 5.76 Å². The Labute approximate surface area is 106 Å². The molecule has 1 aliphatic rings. The van der Waals surface area contributed by atoms with Gasteiger partial charge in [-0.3, -0.25) is 9.59 Å². The van der Waals surface area contributed by atoms with Gasteiger partial charge in [0.2, 0.25) is 11.8 Å². The quantitative estimate of drug-likeness (QED) is 0.848. The van der Waals surface area contributed by atoms with E-state index in [-0.39, 0.29) is 29.8 Å². The van der Waals surface area contributed by atoms with E-state index in [0.717, 1.165) is 0 Å². The third kappa shape index (κ3) is 2.79. The summed E-state index contributed by atoms with van der Waals surface area (Å²) in [5, 5.41) is 2.41. The van der Waals surface area contributed by atoms with Crippen molar-refractivity contribution in [1.82, 2.24) is 5.32 Å². The van der Waals surface area contributed by atoms with Crippen molar-refractivity contribution in [1.29, 1.82) is 0 Å². The van der Waals surface area contributed by atoms with Crippen molar-refractivity contribution < 1.29 is 18.4 Å². The first-order valence-corrected chi connectivity index (χ1v) is 6.07. The molecular formula is C11H10F2N2O2S. The summed E-state index contributed by atoms with van der Waals surface area (Å²) in [6, 6.07) is 6.32. The van der Waals surface area contributed by atoms with Crippen molar-refractivity contribution in [3.05, 3.63) is 24.3 Å². The highest BCUT2D eigenvalue weighted by Crippen LogP contribution is 2.34. The Morgan fingerprint density at radius 1 is 1.28 bits per heavy atom. The monoisotopic (exact) mass is 272 g/mol. The van der Waals surface area contributed by atoms with E-state index in [0.29, 0.717) is 17.4 Å². The number of anilines is 1. The molecule has 0 aromatic heterocycles. The Morgan fingerprint density at radius 2 is 2.00 bits per heavy atom. The second-order valence-corrected chi connectivity index (χ2v) is 4.63. The van der Waals surface area contributed by atoms with Crippen molar-refractivity contribution in [3.8, 4) is 0 Å². The minimum Gasteiger partial charge on any atom is -0.345 e. The van der Waals surface area contributed by atoms with Crippen molar-refractivity contribution in [3.63, 3.8) is 0 Å². The Balaban J connectivity index is 2.31. The lowest BCUT2D eigenvalue weighted by Gasteiger charge is -2.28. The van der Waals surface area contributed by atoms with Crippen LogP contribution in [0.15, 0.2) is 29.2 Å². The third-order valence-corrected chi connectivity index (χ3v) is 3.19. The van der Waals surface area contributed by atoms with Crippen LogP contribution in [0, 0.1) is 0 Å². The van der Waals surface area contributed by atoms with E-state index < -0.39 is 5.76 Å². The first-order chi connectivity index (χ1) is 8.58. The lowest BCUT2D eigenvalue weighted by molar-refractivity contribution is -0.128. The summed E-state index contributed by atoms with van der Waals surface area (Å²) >= 11 is 0.363. The molecule has 1 fully saturated rings. The van der Waals surface area contributed by atoms with Crippen LogP contribution in [0.4, 0.5) is 14.5 Å². The molecule has 0 bridgehead atoms. The standard InChI is InChI=1S/C11H10F2N2O2S/c12-11(13)18-8-4-2-1-3-7(8)15-6-9(16)14-5-10(15)17/h1-4,11H,5-6H2,(H,14,16). The Hall–Kier alpha value is -1.63. The molecule has 1 N–H and O–H groups in total. The average molecular weight is 272 g/mol. The molecule has 2 amide bonds. The highest BCUT2D eigenvalue weighted by atomic mass is 32.2. The van der Waals surface area contributed by atoms with Crippen LogP contribution in [0.5, 0.6) is 0 Å². The number of hydrogen-bond donors (Lipinski definition) is 1.